The minimum Gasteiger partial charge on any atom is -0.464 e. The molecule has 1 N–H and O–H groups in total. The average molecular weight is 320 g/mol. The molecule has 1 heterocycles. The topological polar surface area (TPSA) is 73.2 Å². The molecule has 0 saturated carbocycles. The van der Waals surface area contributed by atoms with Crippen molar-refractivity contribution >= 4 is 36.1 Å². The maximum atomic E-state index is 12.0. The van der Waals surface area contributed by atoms with Gasteiger partial charge in [-0.05, 0) is 6.92 Å². The van der Waals surface area contributed by atoms with E-state index in [9.17, 15) is 9.59 Å². The van der Waals surface area contributed by atoms with Gasteiger partial charge in [0.25, 0.3) is 0 Å². The van der Waals surface area contributed by atoms with Crippen molar-refractivity contribution in [3.63, 3.8) is 0 Å². The van der Waals surface area contributed by atoms with Gasteiger partial charge in [-0.1, -0.05) is 18.5 Å². The van der Waals surface area contributed by atoms with Gasteiger partial charge in [-0.25, -0.2) is 4.79 Å². The number of halogens is 1. The van der Waals surface area contributed by atoms with Gasteiger partial charge in [-0.3, -0.25) is 9.48 Å². The second-order valence-corrected chi connectivity index (χ2v) is 5.08. The van der Waals surface area contributed by atoms with E-state index in [1.165, 1.54) is 6.20 Å². The van der Waals surface area contributed by atoms with E-state index in [0.717, 1.165) is 0 Å². The Morgan fingerprint density at radius 1 is 1.60 bits per heavy atom. The molecule has 1 aromatic rings. The molecule has 112 valence electrons. The Labute approximate surface area is 128 Å². The minimum absolute atomic E-state index is 0.185. The molecule has 0 radical (unpaired) electrons. The number of thiol groups is 1. The first-order valence-electron chi connectivity index (χ1n) is 6.23. The molecule has 6 nitrogen and oxygen atoms in total. The number of nitrogens with zero attached hydrogens (tertiary/aromatic N) is 2. The zero-order chi connectivity index (χ0) is 15.1. The summed E-state index contributed by atoms with van der Waals surface area (Å²) < 4.78 is 6.44. The van der Waals surface area contributed by atoms with Crippen LogP contribution in [0, 0.1) is 5.92 Å². The van der Waals surface area contributed by atoms with Crippen LogP contribution in [0.2, 0.25) is 5.02 Å². The Kier molecular flexibility index (Phi) is 6.87. The largest absolute Gasteiger partial charge is 0.464 e. The van der Waals surface area contributed by atoms with Crippen molar-refractivity contribution in [3.05, 3.63) is 17.4 Å². The Morgan fingerprint density at radius 3 is 2.80 bits per heavy atom. The number of ether oxygens (including phenoxy) is 1. The number of esters is 1. The summed E-state index contributed by atoms with van der Waals surface area (Å²) in [6.07, 6.45) is 3.13. The summed E-state index contributed by atoms with van der Waals surface area (Å²) in [5.74, 6) is -0.915. The Balaban J connectivity index is 2.53. The Hall–Kier alpha value is -1.21. The van der Waals surface area contributed by atoms with E-state index in [-0.39, 0.29) is 24.2 Å². The molecular weight excluding hydrogens is 302 g/mol. The number of rotatable bonds is 7. The van der Waals surface area contributed by atoms with Gasteiger partial charge in [0.2, 0.25) is 5.91 Å². The van der Waals surface area contributed by atoms with Crippen LogP contribution in [0.4, 0.5) is 0 Å². The molecule has 0 unspecified atom stereocenters. The van der Waals surface area contributed by atoms with Crippen LogP contribution in [0.5, 0.6) is 0 Å². The summed E-state index contributed by atoms with van der Waals surface area (Å²) in [4.78, 5) is 23.6. The minimum atomic E-state index is -0.741. The van der Waals surface area contributed by atoms with Crippen LogP contribution < -0.4 is 5.32 Å². The highest BCUT2D eigenvalue weighted by molar-refractivity contribution is 7.80. The first kappa shape index (κ1) is 16.8. The molecule has 0 saturated heterocycles. The lowest BCUT2D eigenvalue weighted by molar-refractivity contribution is -0.147. The van der Waals surface area contributed by atoms with Crippen LogP contribution in [0.25, 0.3) is 0 Å². The summed E-state index contributed by atoms with van der Waals surface area (Å²) in [6.45, 7) is 4.09. The summed E-state index contributed by atoms with van der Waals surface area (Å²) in [6, 6.07) is -0.741. The van der Waals surface area contributed by atoms with Crippen LogP contribution in [-0.2, 0) is 20.9 Å². The maximum absolute atomic E-state index is 12.0. The van der Waals surface area contributed by atoms with Crippen LogP contribution in [0.1, 0.15) is 13.8 Å². The lowest BCUT2D eigenvalue weighted by Gasteiger charge is -2.18. The van der Waals surface area contributed by atoms with E-state index < -0.39 is 12.0 Å². The molecule has 1 amide bonds. The van der Waals surface area contributed by atoms with E-state index in [1.807, 2.05) is 0 Å². The third kappa shape index (κ3) is 5.05. The van der Waals surface area contributed by atoms with Gasteiger partial charge < -0.3 is 10.1 Å². The first-order chi connectivity index (χ1) is 9.47. The van der Waals surface area contributed by atoms with Crippen LogP contribution >= 0.6 is 24.2 Å². The predicted octanol–water partition coefficient (Wildman–Crippen LogP) is 1.15. The van der Waals surface area contributed by atoms with E-state index >= 15 is 0 Å². The van der Waals surface area contributed by atoms with Crippen molar-refractivity contribution in [2.75, 3.05) is 12.4 Å². The molecular formula is C12H18ClN3O3S. The molecule has 0 spiro atoms. The van der Waals surface area contributed by atoms with Crippen molar-refractivity contribution < 1.29 is 14.3 Å². The van der Waals surface area contributed by atoms with Crippen molar-refractivity contribution in [2.45, 2.75) is 26.4 Å². The Bertz CT molecular complexity index is 467. The van der Waals surface area contributed by atoms with Crippen molar-refractivity contribution in [1.82, 2.24) is 15.1 Å². The maximum Gasteiger partial charge on any atom is 0.329 e. The molecule has 0 aliphatic rings. The molecule has 2 atom stereocenters. The van der Waals surface area contributed by atoms with E-state index in [0.29, 0.717) is 11.6 Å². The van der Waals surface area contributed by atoms with E-state index in [1.54, 1.807) is 24.7 Å². The number of aromatic nitrogens is 2. The molecule has 0 aromatic carbocycles. The fraction of sp³-hybridized carbons (Fsp3) is 0.583. The second kappa shape index (κ2) is 8.16. The molecule has 0 bridgehead atoms. The van der Waals surface area contributed by atoms with Gasteiger partial charge in [0, 0.05) is 11.9 Å². The SMILES string of the molecule is CCOC(=O)[C@H](CS)NC(=O)[C@H](C)Cn1cc(Cl)cn1. The normalized spacial score (nSPS) is 13.6. The van der Waals surface area contributed by atoms with Crippen molar-refractivity contribution in [3.8, 4) is 0 Å². The fourth-order valence-corrected chi connectivity index (χ4v) is 1.93. The van der Waals surface area contributed by atoms with Gasteiger partial charge >= 0.3 is 5.97 Å². The number of amides is 1. The third-order valence-corrected chi connectivity index (χ3v) is 3.14. The van der Waals surface area contributed by atoms with Crippen LogP contribution in [-0.4, -0.2) is 40.1 Å². The van der Waals surface area contributed by atoms with Crippen molar-refractivity contribution in [2.24, 2.45) is 5.92 Å². The summed E-state index contributed by atoms with van der Waals surface area (Å²) in [5, 5.41) is 7.13. The highest BCUT2D eigenvalue weighted by atomic mass is 35.5. The molecule has 20 heavy (non-hydrogen) atoms. The van der Waals surface area contributed by atoms with Gasteiger partial charge in [0.1, 0.15) is 6.04 Å². The summed E-state index contributed by atoms with van der Waals surface area (Å²) in [5.41, 5.74) is 0. The molecule has 0 aliphatic carbocycles. The zero-order valence-corrected chi connectivity index (χ0v) is 13.0. The summed E-state index contributed by atoms with van der Waals surface area (Å²) >= 11 is 9.79. The number of hydrogen-bond donors (Lipinski definition) is 2. The monoisotopic (exact) mass is 319 g/mol. The van der Waals surface area contributed by atoms with Gasteiger partial charge in [0.05, 0.1) is 30.3 Å². The van der Waals surface area contributed by atoms with E-state index in [2.05, 4.69) is 23.0 Å². The first-order valence-corrected chi connectivity index (χ1v) is 7.24. The molecule has 0 aliphatic heterocycles. The molecule has 1 aromatic heterocycles. The number of nitrogens with one attached hydrogen (secondary N) is 1. The highest BCUT2D eigenvalue weighted by Gasteiger charge is 2.23. The number of hydrogen-bond acceptors (Lipinski definition) is 5. The lowest BCUT2D eigenvalue weighted by Crippen LogP contribution is -2.45. The standard InChI is InChI=1S/C12H18ClN3O3S/c1-3-19-12(18)10(7-20)15-11(17)8(2)5-16-6-9(13)4-14-16/h4,6,8,10,20H,3,5,7H2,1-2H3,(H,15,17)/t8-,10+/m1/s1. The fourth-order valence-electron chi connectivity index (χ4n) is 1.54. The van der Waals surface area contributed by atoms with Crippen LogP contribution in [0.3, 0.4) is 0 Å². The molecule has 0 fully saturated rings. The smallest absolute Gasteiger partial charge is 0.329 e. The van der Waals surface area contributed by atoms with E-state index in [4.69, 9.17) is 16.3 Å². The zero-order valence-electron chi connectivity index (χ0n) is 11.4. The number of carbonyl (C=O) groups excluding carboxylic acids is 2. The molecule has 8 heteroatoms. The van der Waals surface area contributed by atoms with Crippen molar-refractivity contribution in [1.29, 1.82) is 0 Å². The Morgan fingerprint density at radius 2 is 2.30 bits per heavy atom. The molecule has 1 rings (SSSR count). The highest BCUT2D eigenvalue weighted by Crippen LogP contribution is 2.08. The second-order valence-electron chi connectivity index (χ2n) is 4.28. The quantitative estimate of drug-likeness (QED) is 0.584. The van der Waals surface area contributed by atoms with Crippen LogP contribution in [0.15, 0.2) is 12.4 Å². The summed E-state index contributed by atoms with van der Waals surface area (Å²) in [7, 11) is 0. The van der Waals surface area contributed by atoms with Gasteiger partial charge in [-0.15, -0.1) is 0 Å². The predicted molar refractivity (Wildman–Crippen MR) is 78.8 cm³/mol. The average Bonchev–Trinajstić information content (AvgIpc) is 2.81. The van der Waals surface area contributed by atoms with Gasteiger partial charge in [-0.2, -0.15) is 17.7 Å². The third-order valence-electron chi connectivity index (χ3n) is 2.58. The number of carbonyl (C=O) groups is 2. The lowest BCUT2D eigenvalue weighted by atomic mass is 10.1. The van der Waals surface area contributed by atoms with Gasteiger partial charge in [0.15, 0.2) is 0 Å².